The van der Waals surface area contributed by atoms with Gasteiger partial charge in [0, 0.05) is 12.7 Å². The smallest absolute Gasteiger partial charge is 0.337 e. The van der Waals surface area contributed by atoms with Gasteiger partial charge in [0.2, 0.25) is 0 Å². The second kappa shape index (κ2) is 6.56. The highest BCUT2D eigenvalue weighted by molar-refractivity contribution is 5.92. The number of urea groups is 1. The third-order valence-corrected chi connectivity index (χ3v) is 2.83. The zero-order chi connectivity index (χ0) is 15.2. The zero-order valence-corrected chi connectivity index (χ0v) is 11.4. The molecule has 0 atom stereocenters. The molecule has 2 rings (SSSR count). The summed E-state index contributed by atoms with van der Waals surface area (Å²) in [5.41, 5.74) is 0.347. The Kier molecular flexibility index (Phi) is 4.55. The normalized spacial score (nSPS) is 10.1. The summed E-state index contributed by atoms with van der Waals surface area (Å²) in [4.78, 5) is 28.3. The topological polar surface area (TPSA) is 95.7 Å². The molecule has 0 aliphatic carbocycles. The van der Waals surface area contributed by atoms with Crippen LogP contribution >= 0.6 is 0 Å². The Bertz CT molecular complexity index is 625. The van der Waals surface area contributed by atoms with Crippen LogP contribution in [-0.2, 0) is 6.54 Å². The maximum absolute atomic E-state index is 12.1. The lowest BCUT2D eigenvalue weighted by molar-refractivity contribution is 0.0696. The Balaban J connectivity index is 2.05. The molecule has 0 unspecified atom stereocenters. The number of hydrogen-bond donors (Lipinski definition) is 2. The molecule has 0 aromatic carbocycles. The first-order valence-corrected chi connectivity index (χ1v) is 6.36. The van der Waals surface area contributed by atoms with E-state index in [2.05, 4.69) is 10.3 Å². The molecule has 0 aliphatic heterocycles. The van der Waals surface area contributed by atoms with Gasteiger partial charge < -0.3 is 19.7 Å². The van der Waals surface area contributed by atoms with Crippen LogP contribution in [0.2, 0.25) is 0 Å². The number of aromatic carboxylic acids is 1. The highest BCUT2D eigenvalue weighted by Crippen LogP contribution is 2.11. The van der Waals surface area contributed by atoms with Crippen molar-refractivity contribution in [3.63, 3.8) is 0 Å². The number of nitrogens with zero attached hydrogens (tertiary/aromatic N) is 2. The van der Waals surface area contributed by atoms with Gasteiger partial charge in [-0.3, -0.25) is 4.98 Å². The standard InChI is InChI=1S/C14H15N3O4/c1-2-17(9-12-4-3-5-21-12)14(20)16-11-6-10(13(18)19)7-15-8-11/h3-8H,2,9H2,1H3,(H,16,20)(H,18,19). The molecule has 0 spiro atoms. The number of carbonyl (C=O) groups is 2. The Labute approximate surface area is 121 Å². The molecule has 21 heavy (non-hydrogen) atoms. The molecular formula is C14H15N3O4. The Morgan fingerprint density at radius 2 is 2.24 bits per heavy atom. The molecule has 2 N–H and O–H groups in total. The van der Waals surface area contributed by atoms with Gasteiger partial charge in [-0.05, 0) is 25.1 Å². The SMILES string of the molecule is CCN(Cc1ccco1)C(=O)Nc1cncc(C(=O)O)c1. The number of carbonyl (C=O) groups excluding carboxylic acids is 1. The fourth-order valence-corrected chi connectivity index (χ4v) is 1.75. The summed E-state index contributed by atoms with van der Waals surface area (Å²) in [6.45, 7) is 2.66. The fraction of sp³-hybridized carbons (Fsp3) is 0.214. The Morgan fingerprint density at radius 3 is 2.86 bits per heavy atom. The van der Waals surface area contributed by atoms with Gasteiger partial charge in [-0.1, -0.05) is 0 Å². The second-order valence-electron chi connectivity index (χ2n) is 4.29. The minimum absolute atomic E-state index is 0.0156. The van der Waals surface area contributed by atoms with Crippen LogP contribution in [0.25, 0.3) is 0 Å². The molecule has 2 aromatic heterocycles. The number of amides is 2. The van der Waals surface area contributed by atoms with Gasteiger partial charge in [0.05, 0.1) is 30.3 Å². The Morgan fingerprint density at radius 1 is 1.43 bits per heavy atom. The van der Waals surface area contributed by atoms with Gasteiger partial charge in [-0.2, -0.15) is 0 Å². The van der Waals surface area contributed by atoms with Crippen molar-refractivity contribution in [1.29, 1.82) is 0 Å². The summed E-state index contributed by atoms with van der Waals surface area (Å²) in [5, 5.41) is 11.5. The second-order valence-corrected chi connectivity index (χ2v) is 4.29. The minimum Gasteiger partial charge on any atom is -0.478 e. The summed E-state index contributed by atoms with van der Waals surface area (Å²) < 4.78 is 5.21. The lowest BCUT2D eigenvalue weighted by Gasteiger charge is -2.20. The number of pyridine rings is 1. The van der Waals surface area contributed by atoms with Crippen molar-refractivity contribution >= 4 is 17.7 Å². The predicted octanol–water partition coefficient (Wildman–Crippen LogP) is 2.43. The van der Waals surface area contributed by atoms with Crippen LogP contribution < -0.4 is 5.32 Å². The third-order valence-electron chi connectivity index (χ3n) is 2.83. The zero-order valence-electron chi connectivity index (χ0n) is 11.4. The molecule has 0 saturated carbocycles. The summed E-state index contributed by atoms with van der Waals surface area (Å²) in [6.07, 6.45) is 4.16. The van der Waals surface area contributed by atoms with Crippen LogP contribution in [0.5, 0.6) is 0 Å². The van der Waals surface area contributed by atoms with Gasteiger partial charge in [-0.15, -0.1) is 0 Å². The van der Waals surface area contributed by atoms with Gasteiger partial charge >= 0.3 is 12.0 Å². The van der Waals surface area contributed by atoms with E-state index in [9.17, 15) is 9.59 Å². The first kappa shape index (κ1) is 14.6. The largest absolute Gasteiger partial charge is 0.478 e. The van der Waals surface area contributed by atoms with Crippen LogP contribution in [-0.4, -0.2) is 33.5 Å². The average molecular weight is 289 g/mol. The first-order chi connectivity index (χ1) is 10.1. The number of furan rings is 1. The molecule has 7 heteroatoms. The number of anilines is 1. The van der Waals surface area contributed by atoms with E-state index < -0.39 is 5.97 Å². The van der Waals surface area contributed by atoms with Crippen molar-refractivity contribution in [2.45, 2.75) is 13.5 Å². The van der Waals surface area contributed by atoms with E-state index in [4.69, 9.17) is 9.52 Å². The number of carboxylic acid groups (broad SMARTS) is 1. The van der Waals surface area contributed by atoms with Crippen molar-refractivity contribution in [3.8, 4) is 0 Å². The van der Waals surface area contributed by atoms with Gasteiger partial charge in [0.1, 0.15) is 5.76 Å². The van der Waals surface area contributed by atoms with Gasteiger partial charge in [0.15, 0.2) is 0 Å². The molecule has 0 fully saturated rings. The number of nitrogens with one attached hydrogen (secondary N) is 1. The van der Waals surface area contributed by atoms with Crippen molar-refractivity contribution < 1.29 is 19.1 Å². The predicted molar refractivity (Wildman–Crippen MR) is 75.0 cm³/mol. The van der Waals surface area contributed by atoms with E-state index >= 15 is 0 Å². The molecule has 0 bridgehead atoms. The molecule has 2 heterocycles. The minimum atomic E-state index is -1.10. The van der Waals surface area contributed by atoms with Gasteiger partial charge in [0.25, 0.3) is 0 Å². The molecule has 110 valence electrons. The van der Waals surface area contributed by atoms with Gasteiger partial charge in [-0.25, -0.2) is 9.59 Å². The molecule has 0 saturated heterocycles. The number of rotatable bonds is 5. The quantitative estimate of drug-likeness (QED) is 0.881. The first-order valence-electron chi connectivity index (χ1n) is 6.36. The van der Waals surface area contributed by atoms with E-state index in [0.717, 1.165) is 0 Å². The lowest BCUT2D eigenvalue weighted by Crippen LogP contribution is -2.34. The summed E-state index contributed by atoms with van der Waals surface area (Å²) in [7, 11) is 0. The van der Waals surface area contributed by atoms with Crippen molar-refractivity contribution in [1.82, 2.24) is 9.88 Å². The summed E-state index contributed by atoms with van der Waals surface area (Å²) in [6, 6.07) is 4.54. The maximum Gasteiger partial charge on any atom is 0.337 e. The van der Waals surface area contributed by atoms with Crippen molar-refractivity contribution in [2.24, 2.45) is 0 Å². The third kappa shape index (κ3) is 3.82. The van der Waals surface area contributed by atoms with E-state index in [0.29, 0.717) is 24.5 Å². The average Bonchev–Trinajstić information content (AvgIpc) is 2.97. The number of aromatic nitrogens is 1. The monoisotopic (exact) mass is 289 g/mol. The lowest BCUT2D eigenvalue weighted by atomic mass is 10.2. The molecule has 0 aliphatic rings. The van der Waals surface area contributed by atoms with E-state index in [1.54, 1.807) is 18.4 Å². The summed E-state index contributed by atoms with van der Waals surface area (Å²) in [5.74, 6) is -0.425. The van der Waals surface area contributed by atoms with Crippen LogP contribution in [0.4, 0.5) is 10.5 Å². The van der Waals surface area contributed by atoms with Crippen molar-refractivity contribution in [3.05, 3.63) is 48.2 Å². The van der Waals surface area contributed by atoms with Crippen molar-refractivity contribution in [2.75, 3.05) is 11.9 Å². The molecule has 7 nitrogen and oxygen atoms in total. The van der Waals surface area contributed by atoms with E-state index in [1.165, 1.54) is 23.4 Å². The van der Waals surface area contributed by atoms with Crippen LogP contribution in [0.1, 0.15) is 23.0 Å². The molecule has 0 radical (unpaired) electrons. The fourth-order valence-electron chi connectivity index (χ4n) is 1.75. The molecule has 2 aromatic rings. The van der Waals surface area contributed by atoms with Crippen LogP contribution in [0.15, 0.2) is 41.3 Å². The highest BCUT2D eigenvalue weighted by atomic mass is 16.4. The van der Waals surface area contributed by atoms with E-state index in [1.807, 2.05) is 6.92 Å². The highest BCUT2D eigenvalue weighted by Gasteiger charge is 2.14. The van der Waals surface area contributed by atoms with E-state index in [-0.39, 0.29) is 11.6 Å². The van der Waals surface area contributed by atoms with Crippen LogP contribution in [0.3, 0.4) is 0 Å². The number of hydrogen-bond acceptors (Lipinski definition) is 4. The molecule has 2 amide bonds. The molecular weight excluding hydrogens is 274 g/mol. The Hall–Kier alpha value is -2.83. The maximum atomic E-state index is 12.1. The summed E-state index contributed by atoms with van der Waals surface area (Å²) >= 11 is 0. The van der Waals surface area contributed by atoms with Crippen LogP contribution in [0, 0.1) is 0 Å². The number of carboxylic acids is 1.